The van der Waals surface area contributed by atoms with Crippen LogP contribution in [-0.2, 0) is 38.0 Å². The van der Waals surface area contributed by atoms with E-state index in [1.54, 1.807) is 0 Å². The standard InChI is InChI=1S/C53H88O15/c1-3-5-7-9-11-13-15-17-18-19-20-21-22-24-26-28-30-32-34-36-45(56)66-41(38-63-44(55)35-33-31-29-27-25-23-16-14-12-10-8-6-4-2)39-64-52-51(62)49(60)47(58)43(68-52)40-65-53-50(61)48(59)46(57)42(37-54)67-53/h5,7,11,13-14,16-18,20-21,24,26,41-43,46-54,57-62H,3-4,6,8-10,12,15,19,22-23,25,27-40H2,1-2H3/b7-5+,13-11+,16-14+,18-17+,21-20+,26-24+/t41-,42+,43+,46-,47-,48?,49?,50?,51?,52+,53+/m1/s1. The van der Waals surface area contributed by atoms with Gasteiger partial charge in [-0.2, -0.15) is 0 Å². The second-order valence-electron chi connectivity index (χ2n) is 17.6. The fourth-order valence-corrected chi connectivity index (χ4v) is 7.47. The Hall–Kier alpha value is -3.06. The van der Waals surface area contributed by atoms with Crippen molar-refractivity contribution in [2.24, 2.45) is 0 Å². The Kier molecular flexibility index (Phi) is 35.6. The molecule has 390 valence electrons. The minimum atomic E-state index is -1.78. The molecule has 0 aromatic carbocycles. The van der Waals surface area contributed by atoms with Crippen molar-refractivity contribution in [2.45, 2.75) is 223 Å². The van der Waals surface area contributed by atoms with Gasteiger partial charge in [-0.05, 0) is 83.5 Å². The zero-order chi connectivity index (χ0) is 49.6. The van der Waals surface area contributed by atoms with Crippen LogP contribution in [0.5, 0.6) is 0 Å². The van der Waals surface area contributed by atoms with Crippen LogP contribution < -0.4 is 0 Å². The van der Waals surface area contributed by atoms with Crippen LogP contribution >= 0.6 is 0 Å². The van der Waals surface area contributed by atoms with Gasteiger partial charge in [-0.3, -0.25) is 9.59 Å². The molecule has 68 heavy (non-hydrogen) atoms. The number of aliphatic hydroxyl groups is 7. The molecule has 0 spiro atoms. The van der Waals surface area contributed by atoms with E-state index in [4.69, 9.17) is 28.4 Å². The molecule has 4 unspecified atom stereocenters. The highest BCUT2D eigenvalue weighted by Crippen LogP contribution is 2.26. The predicted octanol–water partition coefficient (Wildman–Crippen LogP) is 7.04. The summed E-state index contributed by atoms with van der Waals surface area (Å²) in [6, 6.07) is 0. The normalized spacial score (nSPS) is 26.4. The Morgan fingerprint density at radius 1 is 0.485 bits per heavy atom. The Bertz CT molecular complexity index is 1460. The lowest BCUT2D eigenvalue weighted by Gasteiger charge is -2.42. The van der Waals surface area contributed by atoms with Crippen LogP contribution in [0.15, 0.2) is 72.9 Å². The van der Waals surface area contributed by atoms with Crippen molar-refractivity contribution in [3.63, 3.8) is 0 Å². The Labute approximate surface area is 406 Å². The first-order valence-electron chi connectivity index (χ1n) is 25.5. The van der Waals surface area contributed by atoms with Gasteiger partial charge in [0, 0.05) is 12.8 Å². The van der Waals surface area contributed by atoms with Crippen molar-refractivity contribution >= 4 is 11.9 Å². The third-order valence-corrected chi connectivity index (χ3v) is 11.7. The maximum absolute atomic E-state index is 13.0. The first-order chi connectivity index (χ1) is 33.0. The summed E-state index contributed by atoms with van der Waals surface area (Å²) in [6.07, 6.45) is 29.3. The molecule has 2 aliphatic heterocycles. The number of aliphatic hydroxyl groups excluding tert-OH is 7. The van der Waals surface area contributed by atoms with Gasteiger partial charge in [0.25, 0.3) is 0 Å². The number of hydrogen-bond donors (Lipinski definition) is 7. The third-order valence-electron chi connectivity index (χ3n) is 11.7. The van der Waals surface area contributed by atoms with Crippen molar-refractivity contribution in [1.29, 1.82) is 0 Å². The molecular weight excluding hydrogens is 877 g/mol. The second-order valence-corrected chi connectivity index (χ2v) is 17.6. The first kappa shape index (κ1) is 61.1. The molecule has 7 N–H and O–H groups in total. The van der Waals surface area contributed by atoms with Crippen LogP contribution in [0.1, 0.15) is 155 Å². The summed E-state index contributed by atoms with van der Waals surface area (Å²) in [5, 5.41) is 72.1. The minimum absolute atomic E-state index is 0.121. The van der Waals surface area contributed by atoms with E-state index in [0.717, 1.165) is 89.9 Å². The summed E-state index contributed by atoms with van der Waals surface area (Å²) in [5.74, 6) is -0.979. The fourth-order valence-electron chi connectivity index (χ4n) is 7.47. The molecule has 15 heteroatoms. The molecule has 0 aromatic heterocycles. The lowest BCUT2D eigenvalue weighted by Crippen LogP contribution is -2.61. The highest BCUT2D eigenvalue weighted by Gasteiger charge is 2.47. The van der Waals surface area contributed by atoms with Gasteiger partial charge in [0.05, 0.1) is 19.8 Å². The van der Waals surface area contributed by atoms with Crippen LogP contribution in [0.3, 0.4) is 0 Å². The number of rotatable bonds is 38. The lowest BCUT2D eigenvalue weighted by atomic mass is 9.98. The summed E-state index contributed by atoms with van der Waals surface area (Å²) < 4.78 is 33.5. The van der Waals surface area contributed by atoms with Gasteiger partial charge in [-0.25, -0.2) is 0 Å². The van der Waals surface area contributed by atoms with Crippen LogP contribution in [0.4, 0.5) is 0 Å². The average Bonchev–Trinajstić information content (AvgIpc) is 3.33. The van der Waals surface area contributed by atoms with Gasteiger partial charge in [0.15, 0.2) is 18.7 Å². The highest BCUT2D eigenvalue weighted by molar-refractivity contribution is 5.70. The van der Waals surface area contributed by atoms with Crippen LogP contribution in [0, 0.1) is 0 Å². The molecule has 11 atom stereocenters. The van der Waals surface area contributed by atoms with E-state index in [2.05, 4.69) is 86.8 Å². The summed E-state index contributed by atoms with van der Waals surface area (Å²) in [7, 11) is 0. The SMILES string of the molecule is CC/C=C/C/C=C/C/C=C/C/C=C/C/C=C/CCCCCC(=O)O[C@H](COC(=O)CCCCCCC/C=C/CCCCCC)CO[C@H]1O[C@@H](CO[C@H]2O[C@@H](CO)[C@@H](O)C(O)C2O)[C@@H](O)C(O)C1O. The summed E-state index contributed by atoms with van der Waals surface area (Å²) >= 11 is 0. The van der Waals surface area contributed by atoms with Crippen molar-refractivity contribution in [1.82, 2.24) is 0 Å². The minimum Gasteiger partial charge on any atom is -0.462 e. The van der Waals surface area contributed by atoms with Crippen LogP contribution in [0.2, 0.25) is 0 Å². The molecule has 0 amide bonds. The molecule has 0 saturated carbocycles. The quantitative estimate of drug-likeness (QED) is 0.0187. The third kappa shape index (κ3) is 27.4. The van der Waals surface area contributed by atoms with Crippen molar-refractivity contribution in [2.75, 3.05) is 26.4 Å². The number of hydrogen-bond acceptors (Lipinski definition) is 15. The number of esters is 2. The van der Waals surface area contributed by atoms with Gasteiger partial charge in [0.1, 0.15) is 55.4 Å². The molecule has 0 bridgehead atoms. The second kappa shape index (κ2) is 39.6. The van der Waals surface area contributed by atoms with Crippen LogP contribution in [-0.4, -0.2) is 142 Å². The lowest BCUT2D eigenvalue weighted by molar-refractivity contribution is -0.332. The molecule has 2 heterocycles. The Morgan fingerprint density at radius 3 is 1.49 bits per heavy atom. The predicted molar refractivity (Wildman–Crippen MR) is 261 cm³/mol. The summed E-state index contributed by atoms with van der Waals surface area (Å²) in [4.78, 5) is 25.7. The summed E-state index contributed by atoms with van der Waals surface area (Å²) in [5.41, 5.74) is 0. The molecule has 0 aromatic rings. The van der Waals surface area contributed by atoms with E-state index in [1.165, 1.54) is 25.7 Å². The summed E-state index contributed by atoms with van der Waals surface area (Å²) in [6.45, 7) is 2.40. The van der Waals surface area contributed by atoms with Gasteiger partial charge in [-0.15, -0.1) is 0 Å². The fraction of sp³-hybridized carbons (Fsp3) is 0.736. The largest absolute Gasteiger partial charge is 0.462 e. The smallest absolute Gasteiger partial charge is 0.306 e. The molecule has 2 fully saturated rings. The van der Waals surface area contributed by atoms with E-state index in [9.17, 15) is 45.3 Å². The van der Waals surface area contributed by atoms with Crippen molar-refractivity contribution < 1.29 is 73.8 Å². The zero-order valence-electron chi connectivity index (χ0n) is 41.1. The Balaban J connectivity index is 1.84. The number of carbonyl (C=O) groups is 2. The van der Waals surface area contributed by atoms with Gasteiger partial charge in [0.2, 0.25) is 0 Å². The van der Waals surface area contributed by atoms with Crippen molar-refractivity contribution in [3.05, 3.63) is 72.9 Å². The molecule has 2 saturated heterocycles. The maximum atomic E-state index is 13.0. The average molecular weight is 965 g/mol. The zero-order valence-corrected chi connectivity index (χ0v) is 41.1. The molecule has 15 nitrogen and oxygen atoms in total. The van der Waals surface area contributed by atoms with Crippen LogP contribution in [0.25, 0.3) is 0 Å². The molecule has 2 rings (SSSR count). The van der Waals surface area contributed by atoms with Crippen molar-refractivity contribution in [3.8, 4) is 0 Å². The topological polar surface area (TPSA) is 231 Å². The number of ether oxygens (including phenoxy) is 6. The Morgan fingerprint density at radius 2 is 0.926 bits per heavy atom. The number of unbranched alkanes of at least 4 members (excludes halogenated alkanes) is 12. The van der Waals surface area contributed by atoms with E-state index in [1.807, 2.05) is 0 Å². The molecule has 2 aliphatic rings. The molecule has 0 radical (unpaired) electrons. The van der Waals surface area contributed by atoms with E-state index < -0.39 is 99.3 Å². The number of carbonyl (C=O) groups excluding carboxylic acids is 2. The molecule has 0 aliphatic carbocycles. The van der Waals surface area contributed by atoms with Gasteiger partial charge < -0.3 is 64.2 Å². The van der Waals surface area contributed by atoms with Gasteiger partial charge in [-0.1, -0.05) is 132 Å². The van der Waals surface area contributed by atoms with Gasteiger partial charge >= 0.3 is 11.9 Å². The first-order valence-corrected chi connectivity index (χ1v) is 25.5. The van der Waals surface area contributed by atoms with E-state index in [-0.39, 0.29) is 19.4 Å². The molecular formula is C53H88O15. The highest BCUT2D eigenvalue weighted by atomic mass is 16.7. The maximum Gasteiger partial charge on any atom is 0.306 e. The monoisotopic (exact) mass is 965 g/mol. The van der Waals surface area contributed by atoms with E-state index >= 15 is 0 Å². The number of allylic oxidation sites excluding steroid dienone is 12. The van der Waals surface area contributed by atoms with E-state index in [0.29, 0.717) is 12.8 Å².